The smallest absolute Gasteiger partial charge is 0.258 e. The first-order chi connectivity index (χ1) is 12.6. The second-order valence-corrected chi connectivity index (χ2v) is 6.74. The molecule has 2 N–H and O–H groups in total. The molecule has 0 spiro atoms. The van der Waals surface area contributed by atoms with E-state index in [0.29, 0.717) is 11.5 Å². The predicted molar refractivity (Wildman–Crippen MR) is 101 cm³/mol. The lowest BCUT2D eigenvalue weighted by Crippen LogP contribution is -2.38. The molecule has 1 unspecified atom stereocenters. The zero-order valence-corrected chi connectivity index (χ0v) is 15.0. The van der Waals surface area contributed by atoms with Crippen LogP contribution in [0.2, 0.25) is 0 Å². The van der Waals surface area contributed by atoms with Crippen LogP contribution in [0.25, 0.3) is 10.9 Å². The molecule has 4 rings (SSSR count). The Morgan fingerprint density at radius 2 is 2.00 bits per heavy atom. The molecule has 0 bridgehead atoms. The Bertz CT molecular complexity index is 961. The molecule has 0 fully saturated rings. The summed E-state index contributed by atoms with van der Waals surface area (Å²) in [6.45, 7) is 2.08. The second-order valence-electron chi connectivity index (χ2n) is 6.74. The monoisotopic (exact) mass is 350 g/mol. The summed E-state index contributed by atoms with van der Waals surface area (Å²) in [6, 6.07) is 13.9. The van der Waals surface area contributed by atoms with Gasteiger partial charge in [0.1, 0.15) is 0 Å². The zero-order chi connectivity index (χ0) is 18.1. The number of carbonyl (C=O) groups excluding carboxylic acids is 1. The maximum Gasteiger partial charge on any atom is 0.258 e. The lowest BCUT2D eigenvalue weighted by Gasteiger charge is -2.14. The Labute approximate surface area is 152 Å². The summed E-state index contributed by atoms with van der Waals surface area (Å²) in [4.78, 5) is 15.8. The number of hydrogen-bond acceptors (Lipinski definition) is 3. The minimum absolute atomic E-state index is 0.0232. The van der Waals surface area contributed by atoms with Gasteiger partial charge in [0.15, 0.2) is 18.1 Å². The second kappa shape index (κ2) is 6.75. The van der Waals surface area contributed by atoms with Crippen molar-refractivity contribution in [2.75, 3.05) is 13.7 Å². The molecule has 5 nitrogen and oxygen atoms in total. The molecule has 1 amide bonds. The number of aromatic nitrogens is 1. The van der Waals surface area contributed by atoms with Gasteiger partial charge in [-0.3, -0.25) is 4.79 Å². The number of fused-ring (bicyclic) bond motifs is 3. The number of hydrogen-bond donors (Lipinski definition) is 2. The van der Waals surface area contributed by atoms with Crippen LogP contribution in [0.1, 0.15) is 16.8 Å². The summed E-state index contributed by atoms with van der Waals surface area (Å²) in [5.74, 6) is 1.08. The van der Waals surface area contributed by atoms with E-state index in [1.807, 2.05) is 18.2 Å². The third-order valence-electron chi connectivity index (χ3n) is 4.84. The third-order valence-corrected chi connectivity index (χ3v) is 4.84. The van der Waals surface area contributed by atoms with Crippen LogP contribution in [-0.2, 0) is 17.6 Å². The molecule has 0 saturated carbocycles. The highest BCUT2D eigenvalue weighted by Gasteiger charge is 2.26. The highest BCUT2D eigenvalue weighted by Crippen LogP contribution is 2.31. The molecule has 0 radical (unpaired) electrons. The van der Waals surface area contributed by atoms with Crippen molar-refractivity contribution in [1.29, 1.82) is 0 Å². The van der Waals surface area contributed by atoms with Crippen molar-refractivity contribution >= 4 is 16.8 Å². The maximum absolute atomic E-state index is 12.3. The number of benzene rings is 2. The summed E-state index contributed by atoms with van der Waals surface area (Å²) in [7, 11) is 1.58. The molecule has 5 heteroatoms. The van der Waals surface area contributed by atoms with Gasteiger partial charge in [0.2, 0.25) is 0 Å². The number of ether oxygens (including phenoxy) is 2. The Morgan fingerprint density at radius 1 is 1.19 bits per heavy atom. The van der Waals surface area contributed by atoms with Crippen LogP contribution in [0.15, 0.2) is 42.5 Å². The van der Waals surface area contributed by atoms with Crippen molar-refractivity contribution in [3.63, 3.8) is 0 Å². The van der Waals surface area contributed by atoms with E-state index in [-0.39, 0.29) is 18.6 Å². The summed E-state index contributed by atoms with van der Waals surface area (Å²) in [5.41, 5.74) is 4.96. The van der Waals surface area contributed by atoms with Crippen molar-refractivity contribution in [2.24, 2.45) is 0 Å². The first-order valence-corrected chi connectivity index (χ1v) is 8.79. The quantitative estimate of drug-likeness (QED) is 0.743. The van der Waals surface area contributed by atoms with Crippen LogP contribution in [-0.4, -0.2) is 30.6 Å². The average molecular weight is 350 g/mol. The van der Waals surface area contributed by atoms with Gasteiger partial charge in [0.05, 0.1) is 7.11 Å². The SMILES string of the molecule is COc1ccccc1OCC(=O)NC1Cc2[nH]c3ccc(C)cc3c2C1. The van der Waals surface area contributed by atoms with Gasteiger partial charge in [-0.05, 0) is 43.2 Å². The molecule has 1 heterocycles. The number of amides is 1. The number of H-pyrrole nitrogens is 1. The predicted octanol–water partition coefficient (Wildman–Crippen LogP) is 3.15. The Morgan fingerprint density at radius 3 is 2.81 bits per heavy atom. The fraction of sp³-hybridized carbons (Fsp3) is 0.286. The molecule has 26 heavy (non-hydrogen) atoms. The largest absolute Gasteiger partial charge is 0.493 e. The Balaban J connectivity index is 1.37. The molecule has 0 aliphatic heterocycles. The summed E-state index contributed by atoms with van der Waals surface area (Å²) < 4.78 is 10.8. The first-order valence-electron chi connectivity index (χ1n) is 8.79. The topological polar surface area (TPSA) is 63.4 Å². The minimum Gasteiger partial charge on any atom is -0.493 e. The van der Waals surface area contributed by atoms with Crippen molar-refractivity contribution in [3.8, 4) is 11.5 Å². The maximum atomic E-state index is 12.3. The van der Waals surface area contributed by atoms with E-state index in [0.717, 1.165) is 12.8 Å². The molecule has 1 aliphatic carbocycles. The van der Waals surface area contributed by atoms with Crippen LogP contribution < -0.4 is 14.8 Å². The van der Waals surface area contributed by atoms with E-state index in [4.69, 9.17) is 9.47 Å². The van der Waals surface area contributed by atoms with Crippen molar-refractivity contribution in [3.05, 3.63) is 59.3 Å². The molecule has 134 valence electrons. The van der Waals surface area contributed by atoms with E-state index in [1.54, 1.807) is 13.2 Å². The minimum atomic E-state index is -0.119. The third kappa shape index (κ3) is 3.12. The van der Waals surface area contributed by atoms with Crippen molar-refractivity contribution in [2.45, 2.75) is 25.8 Å². The van der Waals surface area contributed by atoms with E-state index in [9.17, 15) is 4.79 Å². The fourth-order valence-corrected chi connectivity index (χ4v) is 3.64. The number of carbonyl (C=O) groups is 1. The van der Waals surface area contributed by atoms with Crippen molar-refractivity contribution in [1.82, 2.24) is 10.3 Å². The van der Waals surface area contributed by atoms with Gasteiger partial charge in [-0.25, -0.2) is 0 Å². The molecule has 2 aromatic carbocycles. The Kier molecular flexibility index (Phi) is 4.29. The Hall–Kier alpha value is -2.95. The lowest BCUT2D eigenvalue weighted by molar-refractivity contribution is -0.123. The summed E-state index contributed by atoms with van der Waals surface area (Å²) in [5, 5.41) is 4.34. The molecule has 3 aromatic rings. The average Bonchev–Trinajstić information content (AvgIpc) is 3.17. The van der Waals surface area contributed by atoms with Gasteiger partial charge in [-0.15, -0.1) is 0 Å². The molecule has 0 saturated heterocycles. The lowest BCUT2D eigenvalue weighted by atomic mass is 10.1. The number of para-hydroxylation sites is 2. The highest BCUT2D eigenvalue weighted by atomic mass is 16.5. The van der Waals surface area contributed by atoms with Crippen LogP contribution in [0.3, 0.4) is 0 Å². The van der Waals surface area contributed by atoms with Crippen LogP contribution in [0.4, 0.5) is 0 Å². The van der Waals surface area contributed by atoms with Crippen molar-refractivity contribution < 1.29 is 14.3 Å². The molecular formula is C21H22N2O3. The number of rotatable bonds is 5. The van der Waals surface area contributed by atoms with Gasteiger partial charge < -0.3 is 19.8 Å². The molecular weight excluding hydrogens is 328 g/mol. The number of nitrogens with one attached hydrogen (secondary N) is 2. The normalized spacial score (nSPS) is 15.7. The highest BCUT2D eigenvalue weighted by molar-refractivity contribution is 5.86. The molecule has 1 atom stereocenters. The number of aromatic amines is 1. The molecule has 1 aliphatic rings. The standard InChI is InChI=1S/C21H22N2O3/c1-13-7-8-17-15(9-13)16-10-14(11-18(16)23-17)22-21(24)12-26-20-6-4-3-5-19(20)25-2/h3-9,14,23H,10-12H2,1-2H3,(H,22,24). The first kappa shape index (κ1) is 16.5. The van der Waals surface area contributed by atoms with E-state index in [1.165, 1.54) is 27.7 Å². The summed E-state index contributed by atoms with van der Waals surface area (Å²) >= 11 is 0. The number of aryl methyl sites for hydroxylation is 1. The van der Waals surface area contributed by atoms with Crippen LogP contribution >= 0.6 is 0 Å². The van der Waals surface area contributed by atoms with Crippen LogP contribution in [0, 0.1) is 6.92 Å². The number of methoxy groups -OCH3 is 1. The zero-order valence-electron chi connectivity index (χ0n) is 15.0. The summed E-state index contributed by atoms with van der Waals surface area (Å²) in [6.07, 6.45) is 1.67. The molecule has 1 aromatic heterocycles. The van der Waals surface area contributed by atoms with E-state index in [2.05, 4.69) is 35.4 Å². The van der Waals surface area contributed by atoms with Crippen LogP contribution in [0.5, 0.6) is 11.5 Å². The van der Waals surface area contributed by atoms with E-state index >= 15 is 0 Å². The van der Waals surface area contributed by atoms with Gasteiger partial charge in [0, 0.05) is 29.1 Å². The van der Waals surface area contributed by atoms with Gasteiger partial charge in [0.25, 0.3) is 5.91 Å². The van der Waals surface area contributed by atoms with E-state index < -0.39 is 0 Å². The fourth-order valence-electron chi connectivity index (χ4n) is 3.64. The van der Waals surface area contributed by atoms with Gasteiger partial charge in [-0.1, -0.05) is 23.8 Å². The van der Waals surface area contributed by atoms with Gasteiger partial charge >= 0.3 is 0 Å². The van der Waals surface area contributed by atoms with Gasteiger partial charge in [-0.2, -0.15) is 0 Å².